The number of hydrogen-bond donors (Lipinski definition) is 1. The first kappa shape index (κ1) is 17.0. The first-order valence-corrected chi connectivity index (χ1v) is 9.63. The number of nitrogens with zero attached hydrogens (tertiary/aromatic N) is 4. The third-order valence-corrected chi connectivity index (χ3v) is 5.79. The lowest BCUT2D eigenvalue weighted by molar-refractivity contribution is 0.102. The molecule has 6 nitrogen and oxygen atoms in total. The second-order valence-electron chi connectivity index (χ2n) is 6.00. The first-order valence-electron chi connectivity index (χ1n) is 8.02. The lowest BCUT2D eigenvalue weighted by Gasteiger charge is -2.09. The minimum absolute atomic E-state index is 0.137. The molecule has 1 amide bonds. The maximum Gasteiger partial charge on any atom is 0.266 e. The molecule has 0 atom stereocenters. The molecular formula is C18H16BrN5OS. The molecule has 3 aromatic heterocycles. The fourth-order valence-electron chi connectivity index (χ4n) is 2.87. The average Bonchev–Trinajstić information content (AvgIpc) is 3.27. The zero-order valence-corrected chi connectivity index (χ0v) is 16.6. The van der Waals surface area contributed by atoms with E-state index in [2.05, 4.69) is 31.4 Å². The van der Waals surface area contributed by atoms with Crippen LogP contribution in [0.25, 0.3) is 10.2 Å². The van der Waals surface area contributed by atoms with Gasteiger partial charge in [-0.15, -0.1) is 11.3 Å². The van der Waals surface area contributed by atoms with Crippen molar-refractivity contribution in [1.29, 1.82) is 0 Å². The van der Waals surface area contributed by atoms with E-state index >= 15 is 0 Å². The number of carbonyl (C=O) groups is 1. The van der Waals surface area contributed by atoms with Gasteiger partial charge < -0.3 is 5.32 Å². The molecule has 132 valence electrons. The molecule has 0 bridgehead atoms. The maximum atomic E-state index is 12.7. The summed E-state index contributed by atoms with van der Waals surface area (Å²) in [6.45, 7) is 2.53. The number of thiophene rings is 1. The number of benzene rings is 1. The summed E-state index contributed by atoms with van der Waals surface area (Å²) in [4.78, 5) is 14.3. The Morgan fingerprint density at radius 1 is 1.31 bits per heavy atom. The van der Waals surface area contributed by atoms with Gasteiger partial charge in [0.25, 0.3) is 5.91 Å². The largest absolute Gasteiger partial charge is 0.306 e. The average molecular weight is 430 g/mol. The third kappa shape index (κ3) is 3.17. The number of aromatic nitrogens is 4. The van der Waals surface area contributed by atoms with Crippen molar-refractivity contribution in [3.8, 4) is 0 Å². The standard InChI is InChI=1S/C18H16BrN5OS/c1-11-14-9-15(26-18(14)23(2)22-11)17(25)21-16-6-7-20-24(16)10-12-4-3-5-13(19)8-12/h3-9H,10H2,1-2H3,(H,21,25). The van der Waals surface area contributed by atoms with Crippen LogP contribution in [-0.4, -0.2) is 25.5 Å². The molecule has 1 aromatic carbocycles. The van der Waals surface area contributed by atoms with Gasteiger partial charge in [0.15, 0.2) is 0 Å². The summed E-state index contributed by atoms with van der Waals surface area (Å²) in [6.07, 6.45) is 1.69. The third-order valence-electron chi connectivity index (χ3n) is 4.10. The second-order valence-corrected chi connectivity index (χ2v) is 7.94. The molecule has 1 N–H and O–H groups in total. The van der Waals surface area contributed by atoms with Gasteiger partial charge in [0.1, 0.15) is 10.6 Å². The van der Waals surface area contributed by atoms with E-state index in [1.807, 2.05) is 49.0 Å². The highest BCUT2D eigenvalue weighted by atomic mass is 79.9. The highest BCUT2D eigenvalue weighted by Crippen LogP contribution is 2.28. The molecule has 3 heterocycles. The number of rotatable bonds is 4. The number of aryl methyl sites for hydroxylation is 2. The van der Waals surface area contributed by atoms with E-state index in [4.69, 9.17) is 0 Å². The van der Waals surface area contributed by atoms with Crippen LogP contribution >= 0.6 is 27.3 Å². The monoisotopic (exact) mass is 429 g/mol. The van der Waals surface area contributed by atoms with E-state index in [1.54, 1.807) is 16.9 Å². The van der Waals surface area contributed by atoms with E-state index in [9.17, 15) is 4.79 Å². The quantitative estimate of drug-likeness (QED) is 0.528. The van der Waals surface area contributed by atoms with E-state index in [1.165, 1.54) is 11.3 Å². The number of halogens is 1. The van der Waals surface area contributed by atoms with Crippen molar-refractivity contribution < 1.29 is 4.79 Å². The lowest BCUT2D eigenvalue weighted by atomic mass is 10.2. The maximum absolute atomic E-state index is 12.7. The summed E-state index contributed by atoms with van der Waals surface area (Å²) in [6, 6.07) is 11.7. The summed E-state index contributed by atoms with van der Waals surface area (Å²) in [7, 11) is 1.89. The van der Waals surface area contributed by atoms with Crippen molar-refractivity contribution >= 4 is 49.2 Å². The van der Waals surface area contributed by atoms with Crippen LogP contribution in [0.3, 0.4) is 0 Å². The molecule has 4 aromatic rings. The van der Waals surface area contributed by atoms with Crippen LogP contribution < -0.4 is 5.32 Å². The lowest BCUT2D eigenvalue weighted by Crippen LogP contribution is -2.15. The van der Waals surface area contributed by atoms with Crippen LogP contribution in [0.15, 0.2) is 47.1 Å². The van der Waals surface area contributed by atoms with Crippen molar-refractivity contribution in [1.82, 2.24) is 19.6 Å². The summed E-state index contributed by atoms with van der Waals surface area (Å²) < 4.78 is 4.60. The molecule has 0 saturated carbocycles. The molecular weight excluding hydrogens is 414 g/mol. The second kappa shape index (κ2) is 6.69. The minimum atomic E-state index is -0.137. The molecule has 0 aliphatic heterocycles. The van der Waals surface area contributed by atoms with E-state index in [-0.39, 0.29) is 5.91 Å². The van der Waals surface area contributed by atoms with Crippen molar-refractivity contribution in [2.45, 2.75) is 13.5 Å². The molecule has 0 saturated heterocycles. The Morgan fingerprint density at radius 3 is 2.92 bits per heavy atom. The summed E-state index contributed by atoms with van der Waals surface area (Å²) >= 11 is 4.91. The van der Waals surface area contributed by atoms with Gasteiger partial charge in [-0.1, -0.05) is 28.1 Å². The Hall–Kier alpha value is -2.45. The number of anilines is 1. The van der Waals surface area contributed by atoms with Crippen LogP contribution in [0.2, 0.25) is 0 Å². The predicted molar refractivity (Wildman–Crippen MR) is 107 cm³/mol. The normalized spacial score (nSPS) is 11.2. The zero-order valence-electron chi connectivity index (χ0n) is 14.2. The predicted octanol–water partition coefficient (Wildman–Crippen LogP) is 4.20. The summed E-state index contributed by atoms with van der Waals surface area (Å²) in [5, 5.41) is 12.7. The Bertz CT molecular complexity index is 1080. The molecule has 0 aliphatic carbocycles. The van der Waals surface area contributed by atoms with Gasteiger partial charge in [0.2, 0.25) is 0 Å². The van der Waals surface area contributed by atoms with Gasteiger partial charge in [0, 0.05) is 23.0 Å². The number of hydrogen-bond acceptors (Lipinski definition) is 4. The van der Waals surface area contributed by atoms with Gasteiger partial charge >= 0.3 is 0 Å². The van der Waals surface area contributed by atoms with Gasteiger partial charge in [-0.05, 0) is 30.7 Å². The highest BCUT2D eigenvalue weighted by molar-refractivity contribution is 9.10. The van der Waals surface area contributed by atoms with Crippen molar-refractivity contribution in [2.24, 2.45) is 7.05 Å². The van der Waals surface area contributed by atoms with Gasteiger partial charge in [-0.25, -0.2) is 4.68 Å². The molecule has 4 rings (SSSR count). The smallest absolute Gasteiger partial charge is 0.266 e. The zero-order chi connectivity index (χ0) is 18.3. The van der Waals surface area contributed by atoms with Crippen LogP contribution in [-0.2, 0) is 13.6 Å². The van der Waals surface area contributed by atoms with E-state index < -0.39 is 0 Å². The Balaban J connectivity index is 1.56. The van der Waals surface area contributed by atoms with Gasteiger partial charge in [0.05, 0.1) is 23.3 Å². The Kier molecular flexibility index (Phi) is 4.37. The number of nitrogens with one attached hydrogen (secondary N) is 1. The fraction of sp³-hybridized carbons (Fsp3) is 0.167. The molecule has 0 radical (unpaired) electrons. The molecule has 0 unspecified atom stereocenters. The SMILES string of the molecule is Cc1nn(C)c2sc(C(=O)Nc3ccnn3Cc3cccc(Br)c3)cc12. The Labute approximate surface area is 162 Å². The fourth-order valence-corrected chi connectivity index (χ4v) is 4.33. The number of fused-ring (bicyclic) bond motifs is 1. The number of carbonyl (C=O) groups excluding carboxylic acids is 1. The van der Waals surface area contributed by atoms with Crippen molar-refractivity contribution in [3.05, 3.63) is 63.2 Å². The minimum Gasteiger partial charge on any atom is -0.306 e. The van der Waals surface area contributed by atoms with Gasteiger partial charge in [-0.3, -0.25) is 9.48 Å². The summed E-state index contributed by atoms with van der Waals surface area (Å²) in [5.41, 5.74) is 2.03. The van der Waals surface area contributed by atoms with Crippen LogP contribution in [0, 0.1) is 6.92 Å². The first-order chi connectivity index (χ1) is 12.5. The molecule has 0 fully saturated rings. The van der Waals surface area contributed by atoms with E-state index in [0.29, 0.717) is 17.2 Å². The van der Waals surface area contributed by atoms with Gasteiger partial charge in [-0.2, -0.15) is 10.2 Å². The molecule has 26 heavy (non-hydrogen) atoms. The van der Waals surface area contributed by atoms with E-state index in [0.717, 1.165) is 25.9 Å². The molecule has 0 spiro atoms. The molecule has 0 aliphatic rings. The van der Waals surface area contributed by atoms with Crippen LogP contribution in [0.5, 0.6) is 0 Å². The number of amides is 1. The van der Waals surface area contributed by atoms with Crippen LogP contribution in [0.4, 0.5) is 5.82 Å². The summed E-state index contributed by atoms with van der Waals surface area (Å²) in [5.74, 6) is 0.531. The van der Waals surface area contributed by atoms with Crippen LogP contribution in [0.1, 0.15) is 20.9 Å². The highest BCUT2D eigenvalue weighted by Gasteiger charge is 2.16. The van der Waals surface area contributed by atoms with Crippen molar-refractivity contribution in [3.63, 3.8) is 0 Å². The Morgan fingerprint density at radius 2 is 2.15 bits per heavy atom. The molecule has 8 heteroatoms. The van der Waals surface area contributed by atoms with Crippen molar-refractivity contribution in [2.75, 3.05) is 5.32 Å². The topological polar surface area (TPSA) is 64.7 Å².